The fourth-order valence-corrected chi connectivity index (χ4v) is 3.75. The number of nitrogens with zero attached hydrogens (tertiary/aromatic N) is 3. The van der Waals surface area contributed by atoms with Gasteiger partial charge in [0.15, 0.2) is 11.5 Å². The largest absolute Gasteiger partial charge is 0.493 e. The Labute approximate surface area is 162 Å². The number of aromatic nitrogens is 2. The lowest BCUT2D eigenvalue weighted by atomic mass is 10.1. The van der Waals surface area contributed by atoms with Gasteiger partial charge in [0.25, 0.3) is 5.56 Å². The molecule has 3 aromatic rings. The van der Waals surface area contributed by atoms with Crippen molar-refractivity contribution < 1.29 is 13.9 Å². The lowest BCUT2D eigenvalue weighted by molar-refractivity contribution is 0.264. The van der Waals surface area contributed by atoms with E-state index in [1.54, 1.807) is 24.9 Å². The summed E-state index contributed by atoms with van der Waals surface area (Å²) in [5, 5.41) is 0.326. The van der Waals surface area contributed by atoms with E-state index in [9.17, 15) is 9.18 Å². The van der Waals surface area contributed by atoms with Crippen molar-refractivity contribution in [3.63, 3.8) is 0 Å². The fraction of sp³-hybridized carbons (Fsp3) is 0.333. The summed E-state index contributed by atoms with van der Waals surface area (Å²) in [5.74, 6) is 1.74. The van der Waals surface area contributed by atoms with Gasteiger partial charge in [-0.1, -0.05) is 12.1 Å². The molecule has 28 heavy (non-hydrogen) atoms. The normalized spacial score (nSPS) is 14.5. The lowest BCUT2D eigenvalue weighted by Crippen LogP contribution is -2.29. The Kier molecular flexibility index (Phi) is 5.00. The first-order chi connectivity index (χ1) is 13.6. The Bertz CT molecular complexity index is 1080. The zero-order valence-corrected chi connectivity index (χ0v) is 15.9. The number of fused-ring (bicyclic) bond motifs is 2. The van der Waals surface area contributed by atoms with Gasteiger partial charge in [0.2, 0.25) is 0 Å². The standard InChI is InChI=1S/C21H22FN3O3/c1-27-18-5-3-4-14(20(18)28-2)13-24-9-8-19-23-17-7-6-15(22)12-16(17)21(26)25(19)11-10-24/h3-7,12H,8-11,13H2,1-2H3. The van der Waals surface area contributed by atoms with Gasteiger partial charge in [-0.15, -0.1) is 0 Å². The van der Waals surface area contributed by atoms with E-state index in [4.69, 9.17) is 9.47 Å². The third-order valence-corrected chi connectivity index (χ3v) is 5.17. The van der Waals surface area contributed by atoms with Crippen molar-refractivity contribution in [1.29, 1.82) is 0 Å². The predicted molar refractivity (Wildman–Crippen MR) is 104 cm³/mol. The highest BCUT2D eigenvalue weighted by Crippen LogP contribution is 2.31. The minimum Gasteiger partial charge on any atom is -0.493 e. The van der Waals surface area contributed by atoms with E-state index in [0.29, 0.717) is 42.7 Å². The van der Waals surface area contributed by atoms with Gasteiger partial charge in [-0.05, 0) is 24.3 Å². The highest BCUT2D eigenvalue weighted by Gasteiger charge is 2.20. The Morgan fingerprint density at radius 2 is 1.96 bits per heavy atom. The van der Waals surface area contributed by atoms with Crippen molar-refractivity contribution in [3.05, 3.63) is 64.0 Å². The first kappa shape index (κ1) is 18.4. The zero-order chi connectivity index (χ0) is 19.7. The Balaban J connectivity index is 1.61. The quantitative estimate of drug-likeness (QED) is 0.693. The molecule has 1 aliphatic rings. The van der Waals surface area contributed by atoms with E-state index in [1.807, 2.05) is 18.2 Å². The fourth-order valence-electron chi connectivity index (χ4n) is 3.75. The van der Waals surface area contributed by atoms with Crippen molar-refractivity contribution in [2.75, 3.05) is 27.3 Å². The van der Waals surface area contributed by atoms with Crippen molar-refractivity contribution in [2.45, 2.75) is 19.5 Å². The van der Waals surface area contributed by atoms with Crippen molar-refractivity contribution in [2.24, 2.45) is 0 Å². The SMILES string of the molecule is COc1cccc(CN2CCc3nc4ccc(F)cc4c(=O)n3CC2)c1OC. The van der Waals surface area contributed by atoms with E-state index in [0.717, 1.165) is 23.7 Å². The highest BCUT2D eigenvalue weighted by atomic mass is 19.1. The number of hydrogen-bond acceptors (Lipinski definition) is 5. The van der Waals surface area contributed by atoms with E-state index in [-0.39, 0.29) is 5.56 Å². The van der Waals surface area contributed by atoms with Crippen LogP contribution in [-0.4, -0.2) is 41.8 Å². The van der Waals surface area contributed by atoms with Gasteiger partial charge < -0.3 is 9.47 Å². The van der Waals surface area contributed by atoms with Gasteiger partial charge in [0.1, 0.15) is 11.6 Å². The molecule has 2 heterocycles. The van der Waals surface area contributed by atoms with Gasteiger partial charge in [-0.2, -0.15) is 0 Å². The molecule has 0 bridgehead atoms. The topological polar surface area (TPSA) is 56.6 Å². The molecule has 0 amide bonds. The minimum absolute atomic E-state index is 0.180. The van der Waals surface area contributed by atoms with Crippen LogP contribution in [0.3, 0.4) is 0 Å². The molecule has 6 nitrogen and oxygen atoms in total. The van der Waals surface area contributed by atoms with E-state index in [1.165, 1.54) is 12.1 Å². The monoisotopic (exact) mass is 383 g/mol. The zero-order valence-electron chi connectivity index (χ0n) is 15.9. The van der Waals surface area contributed by atoms with Crippen LogP contribution < -0.4 is 15.0 Å². The maximum atomic E-state index is 13.6. The summed E-state index contributed by atoms with van der Waals surface area (Å²) in [7, 11) is 3.25. The molecule has 0 saturated heterocycles. The van der Waals surface area contributed by atoms with Crippen LogP contribution in [0.5, 0.6) is 11.5 Å². The highest BCUT2D eigenvalue weighted by molar-refractivity contribution is 5.77. The second kappa shape index (κ2) is 7.59. The van der Waals surface area contributed by atoms with Gasteiger partial charge in [-0.25, -0.2) is 9.37 Å². The Morgan fingerprint density at radius 3 is 2.75 bits per heavy atom. The van der Waals surface area contributed by atoms with E-state index in [2.05, 4.69) is 9.88 Å². The number of para-hydroxylation sites is 1. The van der Waals surface area contributed by atoms with Crippen molar-refractivity contribution in [3.8, 4) is 11.5 Å². The molecule has 146 valence electrons. The maximum absolute atomic E-state index is 13.6. The molecule has 0 atom stereocenters. The molecular formula is C21H22FN3O3. The average Bonchev–Trinajstić information content (AvgIpc) is 2.91. The number of rotatable bonds is 4. The minimum atomic E-state index is -0.424. The first-order valence-electron chi connectivity index (χ1n) is 9.22. The third kappa shape index (κ3) is 3.33. The van der Waals surface area contributed by atoms with Crippen LogP contribution in [0.1, 0.15) is 11.4 Å². The smallest absolute Gasteiger partial charge is 0.261 e. The second-order valence-corrected chi connectivity index (χ2v) is 6.83. The number of methoxy groups -OCH3 is 2. The van der Waals surface area contributed by atoms with Crippen LogP contribution >= 0.6 is 0 Å². The Morgan fingerprint density at radius 1 is 1.11 bits per heavy atom. The summed E-state index contributed by atoms with van der Waals surface area (Å²) in [6.07, 6.45) is 0.648. The maximum Gasteiger partial charge on any atom is 0.261 e. The molecule has 0 spiro atoms. The average molecular weight is 383 g/mol. The van der Waals surface area contributed by atoms with Crippen LogP contribution in [-0.2, 0) is 19.5 Å². The molecule has 0 aliphatic carbocycles. The summed E-state index contributed by atoms with van der Waals surface area (Å²) in [6, 6.07) is 9.99. The molecule has 2 aromatic carbocycles. The lowest BCUT2D eigenvalue weighted by Gasteiger charge is -2.21. The summed E-state index contributed by atoms with van der Waals surface area (Å²) in [5.41, 5.74) is 1.39. The molecule has 0 N–H and O–H groups in total. The second-order valence-electron chi connectivity index (χ2n) is 6.83. The van der Waals surface area contributed by atoms with Crippen molar-refractivity contribution in [1.82, 2.24) is 14.5 Å². The molecule has 0 fully saturated rings. The van der Waals surface area contributed by atoms with Crippen LogP contribution in [0.15, 0.2) is 41.2 Å². The molecule has 4 rings (SSSR count). The summed E-state index contributed by atoms with van der Waals surface area (Å²) < 4.78 is 26.1. The van der Waals surface area contributed by atoms with Gasteiger partial charge in [-0.3, -0.25) is 14.3 Å². The summed E-state index contributed by atoms with van der Waals surface area (Å²) >= 11 is 0. The van der Waals surface area contributed by atoms with E-state index < -0.39 is 5.82 Å². The number of halogens is 1. The number of hydrogen-bond donors (Lipinski definition) is 0. The molecular weight excluding hydrogens is 361 g/mol. The molecule has 0 unspecified atom stereocenters. The van der Waals surface area contributed by atoms with Crippen LogP contribution in [0.4, 0.5) is 4.39 Å². The molecule has 1 aliphatic heterocycles. The van der Waals surface area contributed by atoms with Gasteiger partial charge in [0.05, 0.1) is 25.1 Å². The van der Waals surface area contributed by atoms with Crippen LogP contribution in [0.2, 0.25) is 0 Å². The molecule has 1 aromatic heterocycles. The van der Waals surface area contributed by atoms with Gasteiger partial charge in [0, 0.05) is 38.2 Å². The van der Waals surface area contributed by atoms with Crippen LogP contribution in [0, 0.1) is 5.82 Å². The van der Waals surface area contributed by atoms with Gasteiger partial charge >= 0.3 is 0 Å². The Hall–Kier alpha value is -2.93. The summed E-state index contributed by atoms with van der Waals surface area (Å²) in [6.45, 7) is 2.65. The molecule has 0 saturated carbocycles. The predicted octanol–water partition coefficient (Wildman–Crippen LogP) is 2.61. The van der Waals surface area contributed by atoms with Crippen molar-refractivity contribution >= 4 is 10.9 Å². The third-order valence-electron chi connectivity index (χ3n) is 5.17. The molecule has 0 radical (unpaired) electrons. The molecule has 7 heteroatoms. The summed E-state index contributed by atoms with van der Waals surface area (Å²) in [4.78, 5) is 19.7. The number of ether oxygens (including phenoxy) is 2. The van der Waals surface area contributed by atoms with E-state index >= 15 is 0 Å². The van der Waals surface area contributed by atoms with Crippen LogP contribution in [0.25, 0.3) is 10.9 Å². The first-order valence-corrected chi connectivity index (χ1v) is 9.22. The number of benzene rings is 2.